The number of hydrogen-bond acceptors (Lipinski definition) is 4. The standard InChI is InChI=1S/C13H27NO3/c1-11(2)8-17-10-13(15)7-14-6-12-4-3-5-16-9-12/h11-15H,3-10H2,1-2H3. The van der Waals surface area contributed by atoms with Crippen LogP contribution in [0.1, 0.15) is 26.7 Å². The van der Waals surface area contributed by atoms with E-state index in [-0.39, 0.29) is 0 Å². The third kappa shape index (κ3) is 7.71. The van der Waals surface area contributed by atoms with Gasteiger partial charge in [-0.05, 0) is 24.7 Å². The lowest BCUT2D eigenvalue weighted by Gasteiger charge is -2.23. The molecule has 0 radical (unpaired) electrons. The first-order valence-electron chi connectivity index (χ1n) is 6.72. The van der Waals surface area contributed by atoms with Gasteiger partial charge in [-0.3, -0.25) is 0 Å². The molecule has 0 aliphatic carbocycles. The van der Waals surface area contributed by atoms with E-state index < -0.39 is 6.10 Å². The van der Waals surface area contributed by atoms with E-state index in [1.54, 1.807) is 0 Å². The van der Waals surface area contributed by atoms with Crippen LogP contribution in [0.2, 0.25) is 0 Å². The van der Waals surface area contributed by atoms with E-state index in [0.717, 1.165) is 26.2 Å². The van der Waals surface area contributed by atoms with Crippen molar-refractivity contribution >= 4 is 0 Å². The Balaban J connectivity index is 1.93. The van der Waals surface area contributed by atoms with Crippen molar-refractivity contribution in [3.8, 4) is 0 Å². The number of hydrogen-bond donors (Lipinski definition) is 2. The molecule has 1 saturated heterocycles. The average molecular weight is 245 g/mol. The van der Waals surface area contributed by atoms with Crippen molar-refractivity contribution in [2.24, 2.45) is 11.8 Å². The summed E-state index contributed by atoms with van der Waals surface area (Å²) in [5.74, 6) is 1.13. The highest BCUT2D eigenvalue weighted by Gasteiger charge is 2.13. The second-order valence-corrected chi connectivity index (χ2v) is 5.33. The van der Waals surface area contributed by atoms with Crippen molar-refractivity contribution in [2.45, 2.75) is 32.8 Å². The number of rotatable bonds is 8. The molecule has 1 fully saturated rings. The molecule has 0 saturated carbocycles. The highest BCUT2D eigenvalue weighted by atomic mass is 16.5. The summed E-state index contributed by atoms with van der Waals surface area (Å²) >= 11 is 0. The molecule has 2 N–H and O–H groups in total. The molecule has 0 aromatic heterocycles. The third-order valence-electron chi connectivity index (χ3n) is 2.83. The zero-order chi connectivity index (χ0) is 12.5. The minimum atomic E-state index is -0.404. The first kappa shape index (κ1) is 14.9. The van der Waals surface area contributed by atoms with Gasteiger partial charge in [-0.25, -0.2) is 0 Å². The third-order valence-corrected chi connectivity index (χ3v) is 2.83. The fourth-order valence-electron chi connectivity index (χ4n) is 1.92. The summed E-state index contributed by atoms with van der Waals surface area (Å²) in [5, 5.41) is 13.0. The van der Waals surface area contributed by atoms with Gasteiger partial charge in [0.15, 0.2) is 0 Å². The Labute approximate surface area is 105 Å². The lowest BCUT2D eigenvalue weighted by molar-refractivity contribution is 0.0227. The Morgan fingerprint density at radius 1 is 1.41 bits per heavy atom. The maximum absolute atomic E-state index is 9.67. The zero-order valence-electron chi connectivity index (χ0n) is 11.2. The summed E-state index contributed by atoms with van der Waals surface area (Å²) in [6.07, 6.45) is 1.98. The summed E-state index contributed by atoms with van der Waals surface area (Å²) < 4.78 is 10.8. The molecular formula is C13H27NO3. The molecule has 0 aromatic rings. The minimum absolute atomic E-state index is 0.404. The van der Waals surface area contributed by atoms with Crippen LogP contribution in [-0.4, -0.2) is 50.7 Å². The average Bonchev–Trinajstić information content (AvgIpc) is 2.30. The smallest absolute Gasteiger partial charge is 0.0897 e. The van der Waals surface area contributed by atoms with Gasteiger partial charge in [-0.2, -0.15) is 0 Å². The van der Waals surface area contributed by atoms with Gasteiger partial charge in [0.25, 0.3) is 0 Å². The van der Waals surface area contributed by atoms with Gasteiger partial charge in [0.05, 0.1) is 19.3 Å². The molecule has 1 heterocycles. The maximum Gasteiger partial charge on any atom is 0.0897 e. The number of nitrogens with one attached hydrogen (secondary N) is 1. The molecule has 1 rings (SSSR count). The van der Waals surface area contributed by atoms with E-state index in [1.807, 2.05) is 0 Å². The fourth-order valence-corrected chi connectivity index (χ4v) is 1.92. The van der Waals surface area contributed by atoms with Crippen LogP contribution in [0.4, 0.5) is 0 Å². The molecule has 2 unspecified atom stereocenters. The predicted octanol–water partition coefficient (Wildman–Crippen LogP) is 1.04. The van der Waals surface area contributed by atoms with E-state index in [2.05, 4.69) is 19.2 Å². The highest BCUT2D eigenvalue weighted by Crippen LogP contribution is 2.11. The lowest BCUT2D eigenvalue weighted by Crippen LogP contribution is -2.36. The summed E-state index contributed by atoms with van der Waals surface area (Å²) in [4.78, 5) is 0. The molecule has 102 valence electrons. The van der Waals surface area contributed by atoms with E-state index in [0.29, 0.717) is 31.6 Å². The van der Waals surface area contributed by atoms with Crippen LogP contribution < -0.4 is 5.32 Å². The molecule has 0 amide bonds. The summed E-state index contributed by atoms with van der Waals surface area (Å²) in [6.45, 7) is 8.65. The molecular weight excluding hydrogens is 218 g/mol. The van der Waals surface area contributed by atoms with E-state index in [1.165, 1.54) is 6.42 Å². The van der Waals surface area contributed by atoms with Crippen LogP contribution >= 0.6 is 0 Å². The van der Waals surface area contributed by atoms with Crippen molar-refractivity contribution in [3.63, 3.8) is 0 Å². The SMILES string of the molecule is CC(C)COCC(O)CNCC1CCCOC1. The monoisotopic (exact) mass is 245 g/mol. The second kappa shape index (κ2) is 8.86. The molecule has 4 nitrogen and oxygen atoms in total. The van der Waals surface area contributed by atoms with Crippen LogP contribution in [0.3, 0.4) is 0 Å². The van der Waals surface area contributed by atoms with Crippen LogP contribution in [0.15, 0.2) is 0 Å². The normalized spacial score (nSPS) is 22.9. The zero-order valence-corrected chi connectivity index (χ0v) is 11.2. The predicted molar refractivity (Wildman–Crippen MR) is 68.1 cm³/mol. The second-order valence-electron chi connectivity index (χ2n) is 5.33. The molecule has 1 aliphatic rings. The largest absolute Gasteiger partial charge is 0.389 e. The highest BCUT2D eigenvalue weighted by molar-refractivity contribution is 4.67. The quantitative estimate of drug-likeness (QED) is 0.671. The van der Waals surface area contributed by atoms with Gasteiger partial charge in [-0.1, -0.05) is 13.8 Å². The van der Waals surface area contributed by atoms with Crippen molar-refractivity contribution in [3.05, 3.63) is 0 Å². The van der Waals surface area contributed by atoms with Crippen LogP contribution in [0.25, 0.3) is 0 Å². The van der Waals surface area contributed by atoms with Gasteiger partial charge in [0.1, 0.15) is 0 Å². The molecule has 0 spiro atoms. The first-order chi connectivity index (χ1) is 8.18. The molecule has 4 heteroatoms. The number of aliphatic hydroxyl groups excluding tert-OH is 1. The van der Waals surface area contributed by atoms with E-state index in [9.17, 15) is 5.11 Å². The molecule has 0 bridgehead atoms. The Hall–Kier alpha value is -0.160. The Morgan fingerprint density at radius 2 is 2.24 bits per heavy atom. The van der Waals surface area contributed by atoms with Crippen molar-refractivity contribution in [2.75, 3.05) is 39.5 Å². The van der Waals surface area contributed by atoms with E-state index in [4.69, 9.17) is 9.47 Å². The van der Waals surface area contributed by atoms with Crippen molar-refractivity contribution < 1.29 is 14.6 Å². The molecule has 1 aliphatic heterocycles. The molecule has 0 aromatic carbocycles. The lowest BCUT2D eigenvalue weighted by atomic mass is 10.0. The molecule has 17 heavy (non-hydrogen) atoms. The number of ether oxygens (including phenoxy) is 2. The number of aliphatic hydroxyl groups is 1. The summed E-state index contributed by atoms with van der Waals surface area (Å²) in [7, 11) is 0. The Kier molecular flexibility index (Phi) is 7.77. The van der Waals surface area contributed by atoms with E-state index >= 15 is 0 Å². The first-order valence-corrected chi connectivity index (χ1v) is 6.72. The molecule has 2 atom stereocenters. The van der Waals surface area contributed by atoms with Crippen LogP contribution in [-0.2, 0) is 9.47 Å². The maximum atomic E-state index is 9.67. The van der Waals surface area contributed by atoms with Crippen LogP contribution in [0, 0.1) is 11.8 Å². The van der Waals surface area contributed by atoms with Gasteiger partial charge < -0.3 is 19.9 Å². The van der Waals surface area contributed by atoms with Gasteiger partial charge in [0.2, 0.25) is 0 Å². The Morgan fingerprint density at radius 3 is 2.88 bits per heavy atom. The summed E-state index contributed by atoms with van der Waals surface area (Å²) in [6, 6.07) is 0. The fraction of sp³-hybridized carbons (Fsp3) is 1.00. The van der Waals surface area contributed by atoms with Gasteiger partial charge >= 0.3 is 0 Å². The summed E-state index contributed by atoms with van der Waals surface area (Å²) in [5.41, 5.74) is 0. The van der Waals surface area contributed by atoms with Gasteiger partial charge in [-0.15, -0.1) is 0 Å². The van der Waals surface area contributed by atoms with Crippen LogP contribution in [0.5, 0.6) is 0 Å². The van der Waals surface area contributed by atoms with Crippen molar-refractivity contribution in [1.29, 1.82) is 0 Å². The Bertz CT molecular complexity index is 182. The minimum Gasteiger partial charge on any atom is -0.389 e. The van der Waals surface area contributed by atoms with Crippen molar-refractivity contribution in [1.82, 2.24) is 5.32 Å². The van der Waals surface area contributed by atoms with Gasteiger partial charge in [0, 0.05) is 26.3 Å². The topological polar surface area (TPSA) is 50.7 Å².